The van der Waals surface area contributed by atoms with Crippen LogP contribution in [0, 0.1) is 6.92 Å². The smallest absolute Gasteiger partial charge is 0.242 e. The summed E-state index contributed by atoms with van der Waals surface area (Å²) >= 11 is 0. The van der Waals surface area contributed by atoms with Gasteiger partial charge in [-0.1, -0.05) is 28.9 Å². The molecule has 29 heavy (non-hydrogen) atoms. The molecular formula is C21H23N3O4S. The number of rotatable bonds is 5. The molecule has 0 radical (unpaired) electrons. The van der Waals surface area contributed by atoms with Crippen LogP contribution in [0.25, 0.3) is 11.4 Å². The Bertz CT molecular complexity index is 1150. The van der Waals surface area contributed by atoms with Crippen molar-refractivity contribution in [2.45, 2.75) is 50.7 Å². The predicted molar refractivity (Wildman–Crippen MR) is 108 cm³/mol. The number of aryl methyl sites for hydroxylation is 2. The molecule has 4 rings (SSSR count). The highest BCUT2D eigenvalue weighted by Gasteiger charge is 2.28. The number of hydrogen-bond donors (Lipinski definition) is 1. The molecule has 1 aliphatic rings. The molecule has 0 bridgehead atoms. The minimum Gasteiger partial charge on any atom is -0.488 e. The number of nitrogens with one attached hydrogen (secondary N) is 1. The van der Waals surface area contributed by atoms with E-state index in [0.717, 1.165) is 35.3 Å². The first-order chi connectivity index (χ1) is 13.7. The standard InChI is InChI=1S/C21H23N3O4S/c1-14-5-4-6-16(11-14)20-23-19(28-24-20)13-22-29(25,26)17-7-8-18-15(12-17)9-10-21(2,3)27-18/h4-8,11-12,22H,9-10,13H2,1-3H3. The van der Waals surface area contributed by atoms with Gasteiger partial charge in [-0.3, -0.25) is 0 Å². The average molecular weight is 413 g/mol. The largest absolute Gasteiger partial charge is 0.488 e. The topological polar surface area (TPSA) is 94.3 Å². The molecule has 1 N–H and O–H groups in total. The molecule has 0 saturated heterocycles. The maximum atomic E-state index is 12.7. The molecule has 0 atom stereocenters. The molecule has 1 aromatic heterocycles. The highest BCUT2D eigenvalue weighted by atomic mass is 32.2. The molecule has 3 aromatic rings. The van der Waals surface area contributed by atoms with Crippen LogP contribution in [0.2, 0.25) is 0 Å². The van der Waals surface area contributed by atoms with Crippen LogP contribution in [0.5, 0.6) is 5.75 Å². The fourth-order valence-electron chi connectivity index (χ4n) is 3.27. The SMILES string of the molecule is Cc1cccc(-c2noc(CNS(=O)(=O)c3ccc4c(c3)CCC(C)(C)O4)n2)c1. The van der Waals surface area contributed by atoms with Crippen LogP contribution in [-0.4, -0.2) is 24.2 Å². The molecule has 0 spiro atoms. The Morgan fingerprint density at radius 3 is 2.79 bits per heavy atom. The van der Waals surface area contributed by atoms with Crippen LogP contribution in [0.15, 0.2) is 51.9 Å². The molecule has 7 nitrogen and oxygen atoms in total. The highest BCUT2D eigenvalue weighted by molar-refractivity contribution is 7.89. The summed E-state index contributed by atoms with van der Waals surface area (Å²) in [5.74, 6) is 1.37. The summed E-state index contributed by atoms with van der Waals surface area (Å²) in [7, 11) is -3.72. The minimum absolute atomic E-state index is 0.0816. The van der Waals surface area contributed by atoms with Gasteiger partial charge in [-0.25, -0.2) is 13.1 Å². The first-order valence-corrected chi connectivity index (χ1v) is 10.9. The lowest BCUT2D eigenvalue weighted by Gasteiger charge is -2.32. The summed E-state index contributed by atoms with van der Waals surface area (Å²) in [4.78, 5) is 4.47. The lowest BCUT2D eigenvalue weighted by atomic mass is 9.94. The Morgan fingerprint density at radius 2 is 2.00 bits per heavy atom. The van der Waals surface area contributed by atoms with E-state index in [-0.39, 0.29) is 22.9 Å². The van der Waals surface area contributed by atoms with Crippen molar-refractivity contribution in [2.75, 3.05) is 0 Å². The van der Waals surface area contributed by atoms with Crippen molar-refractivity contribution in [3.05, 3.63) is 59.5 Å². The van der Waals surface area contributed by atoms with Crippen LogP contribution >= 0.6 is 0 Å². The highest BCUT2D eigenvalue weighted by Crippen LogP contribution is 2.34. The van der Waals surface area contributed by atoms with E-state index in [2.05, 4.69) is 14.9 Å². The summed E-state index contributed by atoms with van der Waals surface area (Å²) in [6.45, 7) is 5.94. The molecule has 1 aliphatic heterocycles. The van der Waals surface area contributed by atoms with Gasteiger partial charge in [0.2, 0.25) is 21.7 Å². The summed E-state index contributed by atoms with van der Waals surface area (Å²) in [6, 6.07) is 12.6. The van der Waals surface area contributed by atoms with Gasteiger partial charge in [0.25, 0.3) is 0 Å². The van der Waals surface area contributed by atoms with E-state index in [0.29, 0.717) is 5.82 Å². The number of hydrogen-bond acceptors (Lipinski definition) is 6. The van der Waals surface area contributed by atoms with E-state index in [1.807, 2.05) is 45.0 Å². The third kappa shape index (κ3) is 4.33. The first-order valence-electron chi connectivity index (χ1n) is 9.43. The zero-order valence-electron chi connectivity index (χ0n) is 16.6. The van der Waals surface area contributed by atoms with Crippen molar-refractivity contribution in [1.82, 2.24) is 14.9 Å². The summed E-state index contributed by atoms with van der Waals surface area (Å²) < 4.78 is 39.0. The maximum absolute atomic E-state index is 12.7. The van der Waals surface area contributed by atoms with E-state index < -0.39 is 10.0 Å². The second-order valence-corrected chi connectivity index (χ2v) is 9.60. The van der Waals surface area contributed by atoms with Crippen LogP contribution in [0.1, 0.15) is 37.3 Å². The van der Waals surface area contributed by atoms with Gasteiger partial charge >= 0.3 is 0 Å². The average Bonchev–Trinajstić information content (AvgIpc) is 3.14. The monoisotopic (exact) mass is 413 g/mol. The van der Waals surface area contributed by atoms with Crippen LogP contribution in [-0.2, 0) is 23.0 Å². The van der Waals surface area contributed by atoms with Gasteiger partial charge in [-0.2, -0.15) is 4.98 Å². The lowest BCUT2D eigenvalue weighted by molar-refractivity contribution is 0.0845. The van der Waals surface area contributed by atoms with E-state index in [1.54, 1.807) is 18.2 Å². The molecule has 0 unspecified atom stereocenters. The molecule has 0 saturated carbocycles. The molecule has 152 valence electrons. The molecule has 0 amide bonds. The summed E-state index contributed by atoms with van der Waals surface area (Å²) in [5, 5.41) is 3.93. The number of benzene rings is 2. The van der Waals surface area contributed by atoms with E-state index in [1.165, 1.54) is 0 Å². The van der Waals surface area contributed by atoms with Gasteiger partial charge < -0.3 is 9.26 Å². The Kier molecular flexibility index (Phi) is 4.92. The predicted octanol–water partition coefficient (Wildman–Crippen LogP) is 3.63. The van der Waals surface area contributed by atoms with Crippen molar-refractivity contribution in [2.24, 2.45) is 0 Å². The second kappa shape index (κ2) is 7.27. The fraction of sp³-hybridized carbons (Fsp3) is 0.333. The number of sulfonamides is 1. The van der Waals surface area contributed by atoms with E-state index in [4.69, 9.17) is 9.26 Å². The van der Waals surface area contributed by atoms with Crippen molar-refractivity contribution < 1.29 is 17.7 Å². The van der Waals surface area contributed by atoms with Crippen molar-refractivity contribution >= 4 is 10.0 Å². The zero-order chi connectivity index (χ0) is 20.6. The quantitative estimate of drug-likeness (QED) is 0.686. The van der Waals surface area contributed by atoms with Gasteiger partial charge in [0.1, 0.15) is 11.4 Å². The third-order valence-corrected chi connectivity index (χ3v) is 6.28. The zero-order valence-corrected chi connectivity index (χ0v) is 17.4. The minimum atomic E-state index is -3.72. The molecule has 0 fully saturated rings. The molecule has 2 heterocycles. The fourth-order valence-corrected chi connectivity index (χ4v) is 4.30. The summed E-state index contributed by atoms with van der Waals surface area (Å²) in [5.41, 5.74) is 2.56. The second-order valence-electron chi connectivity index (χ2n) is 7.84. The Morgan fingerprint density at radius 1 is 1.17 bits per heavy atom. The third-order valence-electron chi connectivity index (χ3n) is 4.88. The van der Waals surface area contributed by atoms with E-state index >= 15 is 0 Å². The van der Waals surface area contributed by atoms with Crippen LogP contribution in [0.4, 0.5) is 0 Å². The van der Waals surface area contributed by atoms with Gasteiger partial charge in [0.15, 0.2) is 0 Å². The Balaban J connectivity index is 1.47. The molecule has 8 heteroatoms. The lowest BCUT2D eigenvalue weighted by Crippen LogP contribution is -2.32. The van der Waals surface area contributed by atoms with Crippen LogP contribution < -0.4 is 9.46 Å². The first kappa shape index (κ1) is 19.6. The molecular weight excluding hydrogens is 390 g/mol. The van der Waals surface area contributed by atoms with Gasteiger partial charge in [0.05, 0.1) is 11.4 Å². The Hall–Kier alpha value is -2.71. The maximum Gasteiger partial charge on any atom is 0.242 e. The Labute approximate surface area is 170 Å². The number of ether oxygens (including phenoxy) is 1. The van der Waals surface area contributed by atoms with Gasteiger partial charge in [-0.05, 0) is 63.4 Å². The number of nitrogens with zero attached hydrogens (tertiary/aromatic N) is 2. The van der Waals surface area contributed by atoms with Crippen molar-refractivity contribution in [3.8, 4) is 17.1 Å². The van der Waals surface area contributed by atoms with E-state index in [9.17, 15) is 8.42 Å². The van der Waals surface area contributed by atoms with Gasteiger partial charge in [-0.15, -0.1) is 0 Å². The molecule has 2 aromatic carbocycles. The van der Waals surface area contributed by atoms with Crippen molar-refractivity contribution in [1.29, 1.82) is 0 Å². The number of aromatic nitrogens is 2. The van der Waals surface area contributed by atoms with Crippen molar-refractivity contribution in [3.63, 3.8) is 0 Å². The van der Waals surface area contributed by atoms with Crippen LogP contribution in [0.3, 0.4) is 0 Å². The summed E-state index contributed by atoms with van der Waals surface area (Å²) in [6.07, 6.45) is 1.61. The van der Waals surface area contributed by atoms with Gasteiger partial charge in [0, 0.05) is 5.56 Å². The molecule has 0 aliphatic carbocycles. The normalized spacial score (nSPS) is 15.6. The number of fused-ring (bicyclic) bond motifs is 1.